The monoisotopic (exact) mass is 317 g/mol. The van der Waals surface area contributed by atoms with E-state index in [4.69, 9.17) is 9.47 Å². The standard InChI is InChI=1S/C15H19N5O3/c1-10(14-19-17-9-20(14)2)18-15(21)16-8-11-3-4-12-13(7-11)23-6-5-22-12/h3-4,7,9-10H,5-6,8H2,1-2H3,(H2,16,18,21)/t10-/m1/s1. The highest BCUT2D eigenvalue weighted by Gasteiger charge is 2.15. The van der Waals surface area contributed by atoms with E-state index in [0.29, 0.717) is 31.3 Å². The van der Waals surface area contributed by atoms with Crippen LogP contribution in [-0.2, 0) is 13.6 Å². The summed E-state index contributed by atoms with van der Waals surface area (Å²) in [5.41, 5.74) is 0.940. The zero-order chi connectivity index (χ0) is 16.2. The van der Waals surface area contributed by atoms with Crippen molar-refractivity contribution >= 4 is 6.03 Å². The van der Waals surface area contributed by atoms with Gasteiger partial charge in [-0.2, -0.15) is 0 Å². The molecule has 0 aliphatic carbocycles. The molecule has 0 bridgehead atoms. The molecule has 1 aliphatic heterocycles. The highest BCUT2D eigenvalue weighted by atomic mass is 16.6. The minimum atomic E-state index is -0.268. The first-order valence-electron chi connectivity index (χ1n) is 7.40. The summed E-state index contributed by atoms with van der Waals surface area (Å²) in [6, 6.07) is 5.13. The Balaban J connectivity index is 1.54. The van der Waals surface area contributed by atoms with Crippen LogP contribution in [0.3, 0.4) is 0 Å². The molecule has 2 amide bonds. The fourth-order valence-electron chi connectivity index (χ4n) is 2.38. The molecule has 122 valence electrons. The number of fused-ring (bicyclic) bond motifs is 1. The van der Waals surface area contributed by atoms with E-state index in [1.54, 1.807) is 10.9 Å². The molecule has 8 nitrogen and oxygen atoms in total. The molecular weight excluding hydrogens is 298 g/mol. The van der Waals surface area contributed by atoms with Crippen molar-refractivity contribution in [3.8, 4) is 11.5 Å². The van der Waals surface area contributed by atoms with Crippen molar-refractivity contribution in [2.24, 2.45) is 7.05 Å². The van der Waals surface area contributed by atoms with E-state index in [9.17, 15) is 4.79 Å². The molecule has 8 heteroatoms. The van der Waals surface area contributed by atoms with E-state index in [-0.39, 0.29) is 12.1 Å². The van der Waals surface area contributed by atoms with E-state index in [1.807, 2.05) is 32.2 Å². The van der Waals surface area contributed by atoms with Gasteiger partial charge in [-0.1, -0.05) is 6.07 Å². The summed E-state index contributed by atoms with van der Waals surface area (Å²) in [4.78, 5) is 12.0. The Bertz CT molecular complexity index is 700. The summed E-state index contributed by atoms with van der Waals surface area (Å²) >= 11 is 0. The maximum atomic E-state index is 12.0. The van der Waals surface area contributed by atoms with E-state index < -0.39 is 0 Å². The van der Waals surface area contributed by atoms with Gasteiger partial charge in [0.2, 0.25) is 0 Å². The quantitative estimate of drug-likeness (QED) is 0.883. The van der Waals surface area contributed by atoms with Gasteiger partial charge in [-0.05, 0) is 24.6 Å². The van der Waals surface area contributed by atoms with Crippen LogP contribution < -0.4 is 20.1 Å². The fourth-order valence-corrected chi connectivity index (χ4v) is 2.38. The zero-order valence-electron chi connectivity index (χ0n) is 13.1. The predicted octanol–water partition coefficient (Wildman–Crippen LogP) is 1.15. The van der Waals surface area contributed by atoms with Crippen LogP contribution in [0.4, 0.5) is 4.79 Å². The number of nitrogens with one attached hydrogen (secondary N) is 2. The van der Waals surface area contributed by atoms with Crippen molar-refractivity contribution in [1.82, 2.24) is 25.4 Å². The number of carbonyl (C=O) groups is 1. The third-order valence-electron chi connectivity index (χ3n) is 3.54. The first-order valence-corrected chi connectivity index (χ1v) is 7.40. The van der Waals surface area contributed by atoms with Crippen molar-refractivity contribution in [2.75, 3.05) is 13.2 Å². The maximum absolute atomic E-state index is 12.0. The Kier molecular flexibility index (Phi) is 4.31. The Morgan fingerprint density at radius 2 is 2.13 bits per heavy atom. The Morgan fingerprint density at radius 3 is 2.87 bits per heavy atom. The second kappa shape index (κ2) is 6.55. The van der Waals surface area contributed by atoms with Gasteiger partial charge in [0.05, 0.1) is 6.04 Å². The molecule has 2 heterocycles. The van der Waals surface area contributed by atoms with Gasteiger partial charge in [0.25, 0.3) is 0 Å². The van der Waals surface area contributed by atoms with Gasteiger partial charge < -0.3 is 24.7 Å². The summed E-state index contributed by atoms with van der Waals surface area (Å²) in [5.74, 6) is 2.14. The molecule has 23 heavy (non-hydrogen) atoms. The molecule has 3 rings (SSSR count). The van der Waals surface area contributed by atoms with Crippen LogP contribution in [0.5, 0.6) is 11.5 Å². The molecule has 1 aromatic carbocycles. The van der Waals surface area contributed by atoms with Crippen LogP contribution in [-0.4, -0.2) is 34.0 Å². The largest absolute Gasteiger partial charge is 0.486 e. The third-order valence-corrected chi connectivity index (χ3v) is 3.54. The number of aromatic nitrogens is 3. The lowest BCUT2D eigenvalue weighted by molar-refractivity contribution is 0.171. The Labute approximate surface area is 133 Å². The van der Waals surface area contributed by atoms with Gasteiger partial charge >= 0.3 is 6.03 Å². The summed E-state index contributed by atoms with van der Waals surface area (Å²) < 4.78 is 12.8. The summed E-state index contributed by atoms with van der Waals surface area (Å²) in [7, 11) is 1.83. The zero-order valence-corrected chi connectivity index (χ0v) is 13.1. The number of rotatable bonds is 4. The number of nitrogens with zero attached hydrogens (tertiary/aromatic N) is 3. The van der Waals surface area contributed by atoms with E-state index in [2.05, 4.69) is 20.8 Å². The van der Waals surface area contributed by atoms with Crippen molar-refractivity contribution < 1.29 is 14.3 Å². The van der Waals surface area contributed by atoms with Gasteiger partial charge in [-0.15, -0.1) is 10.2 Å². The van der Waals surface area contributed by atoms with E-state index >= 15 is 0 Å². The first-order chi connectivity index (χ1) is 11.1. The van der Waals surface area contributed by atoms with Crippen LogP contribution in [0.25, 0.3) is 0 Å². The molecule has 1 atom stereocenters. The predicted molar refractivity (Wildman–Crippen MR) is 82.2 cm³/mol. The topological polar surface area (TPSA) is 90.3 Å². The number of amides is 2. The molecule has 2 N–H and O–H groups in total. The molecule has 0 fully saturated rings. The molecule has 0 saturated carbocycles. The number of hydrogen-bond acceptors (Lipinski definition) is 5. The van der Waals surface area contributed by atoms with Gasteiger partial charge in [-0.3, -0.25) is 0 Å². The van der Waals surface area contributed by atoms with Gasteiger partial charge in [0, 0.05) is 13.6 Å². The number of ether oxygens (including phenoxy) is 2. The van der Waals surface area contributed by atoms with Gasteiger partial charge in [0.15, 0.2) is 17.3 Å². The van der Waals surface area contributed by atoms with Crippen LogP contribution in [0.2, 0.25) is 0 Å². The van der Waals surface area contributed by atoms with E-state index in [0.717, 1.165) is 11.3 Å². The van der Waals surface area contributed by atoms with Crippen LogP contribution in [0.1, 0.15) is 24.4 Å². The molecule has 1 aliphatic rings. The van der Waals surface area contributed by atoms with Crippen LogP contribution >= 0.6 is 0 Å². The molecule has 2 aromatic rings. The molecule has 0 unspecified atom stereocenters. The van der Waals surface area contributed by atoms with Crippen molar-refractivity contribution in [3.05, 3.63) is 35.9 Å². The maximum Gasteiger partial charge on any atom is 0.315 e. The second-order valence-electron chi connectivity index (χ2n) is 5.33. The highest BCUT2D eigenvalue weighted by molar-refractivity contribution is 5.74. The summed E-state index contributed by atoms with van der Waals surface area (Å²) in [6.45, 7) is 3.36. The van der Waals surface area contributed by atoms with Crippen molar-refractivity contribution in [3.63, 3.8) is 0 Å². The molecule has 0 spiro atoms. The Hall–Kier alpha value is -2.77. The second-order valence-corrected chi connectivity index (χ2v) is 5.33. The smallest absolute Gasteiger partial charge is 0.315 e. The minimum Gasteiger partial charge on any atom is -0.486 e. The lowest BCUT2D eigenvalue weighted by Crippen LogP contribution is -2.37. The number of hydrogen-bond donors (Lipinski definition) is 2. The molecular formula is C15H19N5O3. The van der Waals surface area contributed by atoms with Crippen LogP contribution in [0, 0.1) is 0 Å². The molecule has 0 radical (unpaired) electrons. The van der Waals surface area contributed by atoms with Crippen molar-refractivity contribution in [2.45, 2.75) is 19.5 Å². The number of urea groups is 1. The fraction of sp³-hybridized carbons (Fsp3) is 0.400. The first kappa shape index (κ1) is 15.1. The van der Waals surface area contributed by atoms with Crippen molar-refractivity contribution in [1.29, 1.82) is 0 Å². The summed E-state index contributed by atoms with van der Waals surface area (Å²) in [5, 5.41) is 13.4. The Morgan fingerprint density at radius 1 is 1.35 bits per heavy atom. The SMILES string of the molecule is C[C@@H](NC(=O)NCc1ccc2c(c1)OCCO2)c1nncn1C. The average molecular weight is 317 g/mol. The highest BCUT2D eigenvalue weighted by Crippen LogP contribution is 2.30. The van der Waals surface area contributed by atoms with Gasteiger partial charge in [0.1, 0.15) is 19.5 Å². The minimum absolute atomic E-state index is 0.234. The molecule has 1 aromatic heterocycles. The lowest BCUT2D eigenvalue weighted by atomic mass is 10.2. The molecule has 0 saturated heterocycles. The number of aryl methyl sites for hydroxylation is 1. The average Bonchev–Trinajstić information content (AvgIpc) is 2.99. The third kappa shape index (κ3) is 3.53. The van der Waals surface area contributed by atoms with Gasteiger partial charge in [-0.25, -0.2) is 4.79 Å². The number of carbonyl (C=O) groups excluding carboxylic acids is 1. The summed E-state index contributed by atoms with van der Waals surface area (Å²) in [6.07, 6.45) is 1.60. The normalized spacial score (nSPS) is 14.2. The number of benzene rings is 1. The van der Waals surface area contributed by atoms with E-state index in [1.165, 1.54) is 0 Å². The lowest BCUT2D eigenvalue weighted by Gasteiger charge is -2.19. The van der Waals surface area contributed by atoms with Crippen LogP contribution in [0.15, 0.2) is 24.5 Å².